The molecule has 2 aliphatic rings. The summed E-state index contributed by atoms with van der Waals surface area (Å²) < 4.78 is 28.4. The molecule has 1 heterocycles. The number of carbonyl (C=O) groups excluding carboxylic acids is 1. The normalized spacial score (nSPS) is 18.8. The molecule has 2 aromatic carbocycles. The van der Waals surface area contributed by atoms with Gasteiger partial charge in [0.15, 0.2) is 0 Å². The molecule has 7 heteroatoms. The van der Waals surface area contributed by atoms with Crippen LogP contribution in [0.3, 0.4) is 0 Å². The number of nitrogens with zero attached hydrogens (tertiary/aromatic N) is 1. The Bertz CT molecular complexity index is 1210. The number of hydrogen-bond acceptors (Lipinski definition) is 3. The van der Waals surface area contributed by atoms with Crippen LogP contribution in [0.1, 0.15) is 11.1 Å². The molecule has 0 saturated heterocycles. The molecular formula is C22H17ClN2O3S. The van der Waals surface area contributed by atoms with E-state index in [1.54, 1.807) is 30.4 Å². The summed E-state index contributed by atoms with van der Waals surface area (Å²) in [5.41, 5.74) is 2.64. The minimum atomic E-state index is -3.97. The number of sulfonamides is 1. The first kappa shape index (κ1) is 19.4. The lowest BCUT2D eigenvalue weighted by Crippen LogP contribution is -2.34. The number of nitrogens with one attached hydrogen (secondary N) is 1. The second-order valence-corrected chi connectivity index (χ2v) is 8.90. The minimum absolute atomic E-state index is 0.0680. The number of carbonyl (C=O) groups is 1. The van der Waals surface area contributed by atoms with Crippen LogP contribution >= 0.6 is 11.6 Å². The predicted molar refractivity (Wildman–Crippen MR) is 114 cm³/mol. The van der Waals surface area contributed by atoms with E-state index >= 15 is 0 Å². The molecule has 1 unspecified atom stereocenters. The van der Waals surface area contributed by atoms with Gasteiger partial charge in [-0.3, -0.25) is 9.52 Å². The zero-order valence-corrected chi connectivity index (χ0v) is 17.0. The number of dihydropyridines is 1. The first-order valence-electron chi connectivity index (χ1n) is 8.92. The van der Waals surface area contributed by atoms with Gasteiger partial charge in [-0.1, -0.05) is 65.7 Å². The fourth-order valence-corrected chi connectivity index (χ4v) is 4.57. The minimum Gasteiger partial charge on any atom is -0.274 e. The third-order valence-corrected chi connectivity index (χ3v) is 6.35. The van der Waals surface area contributed by atoms with Crippen molar-refractivity contribution < 1.29 is 13.2 Å². The van der Waals surface area contributed by atoms with Gasteiger partial charge in [-0.2, -0.15) is 0 Å². The standard InChI is InChI=1S/C22H17ClN2O3S/c1-14-7-10-17(11-8-14)29(27,28)25-21-20(15-5-3-2-4-6-15)18-13-16(23)9-12-19(18)24-22(21)26/h2-13,18,25H,1H3. The van der Waals surface area contributed by atoms with Crippen LogP contribution in [-0.2, 0) is 14.8 Å². The van der Waals surface area contributed by atoms with E-state index in [0.29, 0.717) is 16.3 Å². The van der Waals surface area contributed by atoms with Gasteiger partial charge in [-0.15, -0.1) is 0 Å². The maximum atomic E-state index is 13.0. The van der Waals surface area contributed by atoms with Crippen molar-refractivity contribution in [3.63, 3.8) is 0 Å². The van der Waals surface area contributed by atoms with Crippen molar-refractivity contribution in [1.82, 2.24) is 4.72 Å². The van der Waals surface area contributed by atoms with E-state index in [4.69, 9.17) is 11.6 Å². The lowest BCUT2D eigenvalue weighted by molar-refractivity contribution is -0.114. The fourth-order valence-electron chi connectivity index (χ4n) is 3.30. The fraction of sp³-hybridized carbons (Fsp3) is 0.0909. The largest absolute Gasteiger partial charge is 0.294 e. The maximum Gasteiger partial charge on any atom is 0.294 e. The highest BCUT2D eigenvalue weighted by atomic mass is 35.5. The van der Waals surface area contributed by atoms with Crippen molar-refractivity contribution in [2.75, 3.05) is 0 Å². The Hall–Kier alpha value is -2.96. The second kappa shape index (κ2) is 7.46. The molecule has 1 atom stereocenters. The topological polar surface area (TPSA) is 75.6 Å². The second-order valence-electron chi connectivity index (χ2n) is 6.78. The van der Waals surface area contributed by atoms with Gasteiger partial charge in [0, 0.05) is 16.5 Å². The number of benzene rings is 2. The summed E-state index contributed by atoms with van der Waals surface area (Å²) in [6.45, 7) is 1.87. The molecule has 0 spiro atoms. The number of rotatable bonds is 4. The number of hydrogen-bond donors (Lipinski definition) is 1. The Morgan fingerprint density at radius 1 is 1.00 bits per heavy atom. The van der Waals surface area contributed by atoms with Crippen molar-refractivity contribution >= 4 is 38.8 Å². The van der Waals surface area contributed by atoms with Gasteiger partial charge >= 0.3 is 0 Å². The van der Waals surface area contributed by atoms with Crippen molar-refractivity contribution in [2.24, 2.45) is 10.9 Å². The number of fused-ring (bicyclic) bond motifs is 1. The van der Waals surface area contributed by atoms with Gasteiger partial charge in [0.05, 0.1) is 10.6 Å². The number of amides is 1. The number of halogens is 1. The number of aliphatic imine (C=N–C) groups is 1. The first-order chi connectivity index (χ1) is 13.8. The van der Waals surface area contributed by atoms with E-state index in [0.717, 1.165) is 11.1 Å². The Labute approximate surface area is 174 Å². The number of allylic oxidation sites excluding steroid dienone is 5. The molecule has 0 aromatic heterocycles. The smallest absolute Gasteiger partial charge is 0.274 e. The van der Waals surface area contributed by atoms with Crippen LogP contribution in [0.15, 0.2) is 93.4 Å². The van der Waals surface area contributed by atoms with E-state index in [1.165, 1.54) is 12.1 Å². The molecule has 0 bridgehead atoms. The molecule has 146 valence electrons. The van der Waals surface area contributed by atoms with Crippen LogP contribution in [0.2, 0.25) is 0 Å². The van der Waals surface area contributed by atoms with Crippen LogP contribution in [0.25, 0.3) is 5.57 Å². The van der Waals surface area contributed by atoms with Gasteiger partial charge in [-0.25, -0.2) is 13.4 Å². The average molecular weight is 425 g/mol. The highest BCUT2D eigenvalue weighted by molar-refractivity contribution is 7.89. The summed E-state index contributed by atoms with van der Waals surface area (Å²) in [7, 11) is -3.97. The van der Waals surface area contributed by atoms with Crippen molar-refractivity contribution in [3.05, 3.63) is 94.7 Å². The molecule has 29 heavy (non-hydrogen) atoms. The predicted octanol–water partition coefficient (Wildman–Crippen LogP) is 3.97. The van der Waals surface area contributed by atoms with Crippen molar-refractivity contribution in [2.45, 2.75) is 11.8 Å². The summed E-state index contributed by atoms with van der Waals surface area (Å²) >= 11 is 6.19. The van der Waals surface area contributed by atoms with Crippen LogP contribution in [0.5, 0.6) is 0 Å². The molecule has 0 fully saturated rings. The molecule has 1 N–H and O–H groups in total. The van der Waals surface area contributed by atoms with Crippen LogP contribution in [0, 0.1) is 12.8 Å². The van der Waals surface area contributed by atoms with E-state index < -0.39 is 21.8 Å². The molecule has 1 aliphatic heterocycles. The third-order valence-electron chi connectivity index (χ3n) is 4.74. The lowest BCUT2D eigenvalue weighted by Gasteiger charge is -2.27. The molecule has 5 nitrogen and oxygen atoms in total. The summed E-state index contributed by atoms with van der Waals surface area (Å²) in [4.78, 5) is 17.0. The zero-order chi connectivity index (χ0) is 20.6. The van der Waals surface area contributed by atoms with E-state index in [1.807, 2.05) is 37.3 Å². The van der Waals surface area contributed by atoms with Crippen molar-refractivity contribution in [1.29, 1.82) is 0 Å². The Balaban J connectivity index is 1.86. The third kappa shape index (κ3) is 3.81. The summed E-state index contributed by atoms with van der Waals surface area (Å²) in [6.07, 6.45) is 5.10. The van der Waals surface area contributed by atoms with Gasteiger partial charge in [0.1, 0.15) is 5.70 Å². The SMILES string of the molecule is Cc1ccc(S(=O)(=O)NC2=C(c3ccccc3)C3C=C(Cl)C=CC3=NC2=O)cc1. The quantitative estimate of drug-likeness (QED) is 0.806. The highest BCUT2D eigenvalue weighted by Gasteiger charge is 2.34. The first-order valence-corrected chi connectivity index (χ1v) is 10.8. The van der Waals surface area contributed by atoms with Gasteiger partial charge in [-0.05, 0) is 36.8 Å². The molecule has 1 amide bonds. The molecule has 0 radical (unpaired) electrons. The van der Waals surface area contributed by atoms with E-state index in [9.17, 15) is 13.2 Å². The van der Waals surface area contributed by atoms with Crippen molar-refractivity contribution in [3.8, 4) is 0 Å². The molecule has 1 aliphatic carbocycles. The van der Waals surface area contributed by atoms with Crippen LogP contribution in [-0.4, -0.2) is 20.0 Å². The Morgan fingerprint density at radius 3 is 2.38 bits per heavy atom. The van der Waals surface area contributed by atoms with E-state index in [2.05, 4.69) is 9.71 Å². The number of aryl methyl sites for hydroxylation is 1. The monoisotopic (exact) mass is 424 g/mol. The van der Waals surface area contributed by atoms with Crippen LogP contribution < -0.4 is 4.72 Å². The van der Waals surface area contributed by atoms with Crippen LogP contribution in [0.4, 0.5) is 0 Å². The molecule has 4 rings (SSSR count). The molecule has 0 saturated carbocycles. The lowest BCUT2D eigenvalue weighted by atomic mass is 9.83. The maximum absolute atomic E-state index is 13.0. The van der Waals surface area contributed by atoms with Gasteiger partial charge in [0.25, 0.3) is 15.9 Å². The summed E-state index contributed by atoms with van der Waals surface area (Å²) in [6, 6.07) is 15.6. The average Bonchev–Trinajstić information content (AvgIpc) is 2.70. The Morgan fingerprint density at radius 2 is 1.69 bits per heavy atom. The Kier molecular flexibility index (Phi) is 4.98. The zero-order valence-electron chi connectivity index (χ0n) is 15.5. The van der Waals surface area contributed by atoms with Gasteiger partial charge in [0.2, 0.25) is 0 Å². The highest BCUT2D eigenvalue weighted by Crippen LogP contribution is 2.36. The molecule has 2 aromatic rings. The summed E-state index contributed by atoms with van der Waals surface area (Å²) in [5, 5.41) is 0.498. The van der Waals surface area contributed by atoms with E-state index in [-0.39, 0.29) is 10.6 Å². The van der Waals surface area contributed by atoms with Gasteiger partial charge < -0.3 is 0 Å². The molecular weight excluding hydrogens is 408 g/mol. The summed E-state index contributed by atoms with van der Waals surface area (Å²) in [5.74, 6) is -1.06.